The number of fused-ring (bicyclic) bond motifs is 2. The van der Waals surface area contributed by atoms with Crippen molar-refractivity contribution in [3.05, 3.63) is 75.6 Å². The Hall–Kier alpha value is -2.55. The van der Waals surface area contributed by atoms with E-state index in [1.807, 2.05) is 18.2 Å². The van der Waals surface area contributed by atoms with Crippen LogP contribution in [0.3, 0.4) is 0 Å². The van der Waals surface area contributed by atoms with Gasteiger partial charge in [-0.15, -0.1) is 0 Å². The van der Waals surface area contributed by atoms with E-state index >= 15 is 0 Å². The van der Waals surface area contributed by atoms with E-state index in [0.29, 0.717) is 22.5 Å². The van der Waals surface area contributed by atoms with Crippen LogP contribution < -0.4 is 5.63 Å². The highest BCUT2D eigenvalue weighted by Gasteiger charge is 2.31. The number of hydrogen-bond acceptors (Lipinski definition) is 3. The van der Waals surface area contributed by atoms with Crippen LogP contribution in [-0.4, -0.2) is 5.11 Å². The first-order valence-electron chi connectivity index (χ1n) is 7.97. The van der Waals surface area contributed by atoms with Gasteiger partial charge in [-0.05, 0) is 42.0 Å². The van der Waals surface area contributed by atoms with E-state index in [9.17, 15) is 9.90 Å². The van der Waals surface area contributed by atoms with Crippen molar-refractivity contribution in [2.75, 3.05) is 0 Å². The molecule has 4 rings (SSSR count). The highest BCUT2D eigenvalue weighted by molar-refractivity contribution is 5.84. The number of para-hydroxylation sites is 1. The van der Waals surface area contributed by atoms with E-state index in [-0.39, 0.29) is 11.7 Å². The summed E-state index contributed by atoms with van der Waals surface area (Å²) in [5.41, 5.74) is 2.76. The van der Waals surface area contributed by atoms with Crippen LogP contribution in [0.4, 0.5) is 0 Å². The summed E-state index contributed by atoms with van der Waals surface area (Å²) in [4.78, 5) is 12.5. The normalized spacial score (nSPS) is 20.4. The van der Waals surface area contributed by atoms with Crippen LogP contribution in [0.2, 0.25) is 0 Å². The molecule has 116 valence electrons. The summed E-state index contributed by atoms with van der Waals surface area (Å²) in [6.45, 7) is 2.18. The maximum absolute atomic E-state index is 12.5. The smallest absolute Gasteiger partial charge is 0.343 e. The van der Waals surface area contributed by atoms with Gasteiger partial charge >= 0.3 is 5.63 Å². The van der Waals surface area contributed by atoms with E-state index in [4.69, 9.17) is 4.42 Å². The maximum atomic E-state index is 12.5. The molecule has 0 amide bonds. The van der Waals surface area contributed by atoms with Gasteiger partial charge < -0.3 is 9.52 Å². The number of rotatable bonds is 1. The first-order chi connectivity index (χ1) is 11.1. The second-order valence-electron chi connectivity index (χ2n) is 6.44. The van der Waals surface area contributed by atoms with Gasteiger partial charge in [0.1, 0.15) is 11.3 Å². The molecule has 0 spiro atoms. The Kier molecular flexibility index (Phi) is 3.22. The lowest BCUT2D eigenvalue weighted by Crippen LogP contribution is -2.22. The van der Waals surface area contributed by atoms with Crippen LogP contribution in [0.25, 0.3) is 11.0 Å². The molecule has 0 saturated heterocycles. The lowest BCUT2D eigenvalue weighted by molar-refractivity contribution is 0.418. The number of hydrogen-bond donors (Lipinski definition) is 1. The fourth-order valence-electron chi connectivity index (χ4n) is 3.78. The zero-order valence-corrected chi connectivity index (χ0v) is 13.0. The molecule has 3 nitrogen and oxygen atoms in total. The molecule has 23 heavy (non-hydrogen) atoms. The average Bonchev–Trinajstić information content (AvgIpc) is 2.54. The number of benzene rings is 2. The molecule has 2 aromatic carbocycles. The van der Waals surface area contributed by atoms with Gasteiger partial charge in [0.2, 0.25) is 0 Å². The first kappa shape index (κ1) is 14.1. The zero-order valence-electron chi connectivity index (χ0n) is 13.0. The SMILES string of the molecule is CC1Cc2ccccc2C(c2c(O)c3ccccc3oc2=O)C1. The molecule has 1 aliphatic rings. The van der Waals surface area contributed by atoms with Gasteiger partial charge in [0.05, 0.1) is 10.9 Å². The van der Waals surface area contributed by atoms with Gasteiger partial charge in [-0.25, -0.2) is 4.79 Å². The summed E-state index contributed by atoms with van der Waals surface area (Å²) in [6.07, 6.45) is 1.85. The molecule has 1 aromatic heterocycles. The van der Waals surface area contributed by atoms with Gasteiger partial charge in [-0.1, -0.05) is 43.3 Å². The quantitative estimate of drug-likeness (QED) is 0.685. The van der Waals surface area contributed by atoms with Crippen LogP contribution in [-0.2, 0) is 6.42 Å². The van der Waals surface area contributed by atoms with Crippen molar-refractivity contribution in [3.63, 3.8) is 0 Å². The van der Waals surface area contributed by atoms with E-state index in [1.165, 1.54) is 5.56 Å². The molecular formula is C20H18O3. The molecule has 1 N–H and O–H groups in total. The predicted molar refractivity (Wildman–Crippen MR) is 89.9 cm³/mol. The van der Waals surface area contributed by atoms with Gasteiger partial charge in [-0.2, -0.15) is 0 Å². The lowest BCUT2D eigenvalue weighted by atomic mass is 9.74. The summed E-state index contributed by atoms with van der Waals surface area (Å²) < 4.78 is 5.46. The van der Waals surface area contributed by atoms with Crippen molar-refractivity contribution in [2.45, 2.75) is 25.7 Å². The highest BCUT2D eigenvalue weighted by Crippen LogP contribution is 2.42. The lowest BCUT2D eigenvalue weighted by Gasteiger charge is -2.29. The Morgan fingerprint density at radius 3 is 2.70 bits per heavy atom. The summed E-state index contributed by atoms with van der Waals surface area (Å²) in [7, 11) is 0. The Labute approximate surface area is 134 Å². The molecule has 3 aromatic rings. The van der Waals surface area contributed by atoms with E-state index < -0.39 is 5.63 Å². The molecule has 0 fully saturated rings. The molecule has 0 bridgehead atoms. The zero-order chi connectivity index (χ0) is 16.0. The van der Waals surface area contributed by atoms with Crippen molar-refractivity contribution in [3.8, 4) is 5.75 Å². The highest BCUT2D eigenvalue weighted by atomic mass is 16.4. The molecule has 2 atom stereocenters. The maximum Gasteiger partial charge on any atom is 0.343 e. The molecule has 2 unspecified atom stereocenters. The minimum absolute atomic E-state index is 0.0609. The van der Waals surface area contributed by atoms with Gasteiger partial charge in [-0.3, -0.25) is 0 Å². The van der Waals surface area contributed by atoms with Crippen LogP contribution in [0.5, 0.6) is 5.75 Å². The predicted octanol–water partition coefficient (Wildman–Crippen LogP) is 4.21. The van der Waals surface area contributed by atoms with Crippen molar-refractivity contribution >= 4 is 11.0 Å². The van der Waals surface area contributed by atoms with E-state index in [0.717, 1.165) is 18.4 Å². The molecular weight excluding hydrogens is 288 g/mol. The Balaban J connectivity index is 1.98. The van der Waals surface area contributed by atoms with Crippen LogP contribution in [0.15, 0.2) is 57.7 Å². The number of aromatic hydroxyl groups is 1. The van der Waals surface area contributed by atoms with Crippen molar-refractivity contribution in [1.82, 2.24) is 0 Å². The summed E-state index contributed by atoms with van der Waals surface area (Å²) in [6, 6.07) is 15.3. The third kappa shape index (κ3) is 2.24. The van der Waals surface area contributed by atoms with Crippen molar-refractivity contribution in [1.29, 1.82) is 0 Å². The van der Waals surface area contributed by atoms with Crippen LogP contribution in [0.1, 0.15) is 36.0 Å². The summed E-state index contributed by atoms with van der Waals surface area (Å²) in [5.74, 6) is 0.404. The Bertz CT molecular complexity index is 939. The molecule has 0 aliphatic heterocycles. The summed E-state index contributed by atoms with van der Waals surface area (Å²) in [5, 5.41) is 11.3. The summed E-state index contributed by atoms with van der Waals surface area (Å²) >= 11 is 0. The van der Waals surface area contributed by atoms with Gasteiger partial charge in [0.15, 0.2) is 0 Å². The standard InChI is InChI=1S/C20H18O3/c1-12-10-13-6-2-3-7-14(13)16(11-12)18-19(21)15-8-4-5-9-17(15)23-20(18)22/h2-9,12,16,21H,10-11H2,1H3. The fraction of sp³-hybridized carbons (Fsp3) is 0.250. The topological polar surface area (TPSA) is 50.4 Å². The largest absolute Gasteiger partial charge is 0.507 e. The van der Waals surface area contributed by atoms with Crippen molar-refractivity contribution in [2.24, 2.45) is 5.92 Å². The monoisotopic (exact) mass is 306 g/mol. The third-order valence-corrected chi connectivity index (χ3v) is 4.81. The fourth-order valence-corrected chi connectivity index (χ4v) is 3.78. The van der Waals surface area contributed by atoms with E-state index in [2.05, 4.69) is 19.1 Å². The van der Waals surface area contributed by atoms with Gasteiger partial charge in [0.25, 0.3) is 0 Å². The second-order valence-corrected chi connectivity index (χ2v) is 6.44. The average molecular weight is 306 g/mol. The minimum atomic E-state index is -0.435. The first-order valence-corrected chi connectivity index (χ1v) is 7.97. The van der Waals surface area contributed by atoms with E-state index in [1.54, 1.807) is 18.2 Å². The molecule has 1 aliphatic carbocycles. The Morgan fingerprint density at radius 1 is 1.09 bits per heavy atom. The van der Waals surface area contributed by atoms with Crippen molar-refractivity contribution < 1.29 is 9.52 Å². The van der Waals surface area contributed by atoms with Gasteiger partial charge in [0, 0.05) is 5.92 Å². The second kappa shape index (κ2) is 5.27. The minimum Gasteiger partial charge on any atom is -0.507 e. The molecule has 1 heterocycles. The third-order valence-electron chi connectivity index (χ3n) is 4.81. The molecule has 3 heteroatoms. The Morgan fingerprint density at radius 2 is 1.83 bits per heavy atom. The van der Waals surface area contributed by atoms with Crippen LogP contribution in [0, 0.1) is 5.92 Å². The molecule has 0 radical (unpaired) electrons. The molecule has 0 saturated carbocycles. The van der Waals surface area contributed by atoms with Crippen LogP contribution >= 0.6 is 0 Å².